The lowest BCUT2D eigenvalue weighted by Crippen LogP contribution is -2.55. The van der Waals surface area contributed by atoms with Gasteiger partial charge in [-0.1, -0.05) is 11.6 Å². The molecular formula is C22H24ClF2N7O3. The van der Waals surface area contributed by atoms with Crippen molar-refractivity contribution >= 4 is 40.7 Å². The summed E-state index contributed by atoms with van der Waals surface area (Å²) in [5.74, 6) is -0.329. The van der Waals surface area contributed by atoms with Gasteiger partial charge in [0, 0.05) is 31.8 Å². The number of halogens is 3. The monoisotopic (exact) mass is 507 g/mol. The summed E-state index contributed by atoms with van der Waals surface area (Å²) in [7, 11) is 0. The number of nitrogens with one attached hydrogen (secondary N) is 3. The highest BCUT2D eigenvalue weighted by Gasteiger charge is 2.46. The minimum absolute atomic E-state index is 0.0465. The van der Waals surface area contributed by atoms with Crippen LogP contribution in [0.5, 0.6) is 0 Å². The number of rotatable bonds is 6. The van der Waals surface area contributed by atoms with Crippen LogP contribution in [0, 0.1) is 12.8 Å². The predicted octanol–water partition coefficient (Wildman–Crippen LogP) is 2.45. The number of alkyl halides is 2. The molecule has 35 heavy (non-hydrogen) atoms. The Morgan fingerprint density at radius 3 is 2.60 bits per heavy atom. The molecule has 2 aliphatic heterocycles. The van der Waals surface area contributed by atoms with Gasteiger partial charge in [0.15, 0.2) is 11.6 Å². The van der Waals surface area contributed by atoms with E-state index in [4.69, 9.17) is 11.6 Å². The second-order valence-corrected chi connectivity index (χ2v) is 9.56. The first kappa shape index (κ1) is 23.6. The summed E-state index contributed by atoms with van der Waals surface area (Å²) in [5.41, 5.74) is -0.525. The Balaban J connectivity index is 1.46. The van der Waals surface area contributed by atoms with Gasteiger partial charge < -0.3 is 16.0 Å². The van der Waals surface area contributed by atoms with E-state index in [0.29, 0.717) is 31.5 Å². The van der Waals surface area contributed by atoms with Crippen LogP contribution in [-0.4, -0.2) is 57.3 Å². The normalized spacial score (nSPS) is 19.1. The predicted molar refractivity (Wildman–Crippen MR) is 124 cm³/mol. The van der Waals surface area contributed by atoms with Crippen molar-refractivity contribution in [2.24, 2.45) is 5.92 Å². The highest BCUT2D eigenvalue weighted by molar-refractivity contribution is 6.35. The number of aryl methyl sites for hydroxylation is 1. The third-order valence-electron chi connectivity index (χ3n) is 6.69. The molecule has 1 saturated heterocycles. The van der Waals surface area contributed by atoms with Crippen LogP contribution in [0.15, 0.2) is 17.2 Å². The lowest BCUT2D eigenvalue weighted by atomic mass is 9.96. The number of hydrogen-bond acceptors (Lipinski definition) is 7. The molecule has 186 valence electrons. The number of piperidine rings is 1. The average molecular weight is 508 g/mol. The fraction of sp³-hybridized carbons (Fsp3) is 0.500. The van der Waals surface area contributed by atoms with Gasteiger partial charge in [-0.15, -0.1) is 0 Å². The summed E-state index contributed by atoms with van der Waals surface area (Å²) in [4.78, 5) is 48.3. The number of carbonyl (C=O) groups is 2. The van der Waals surface area contributed by atoms with Crippen LogP contribution in [0.2, 0.25) is 5.02 Å². The number of likely N-dealkylation sites (tertiary alicyclic amines) is 1. The first-order chi connectivity index (χ1) is 16.7. The van der Waals surface area contributed by atoms with Gasteiger partial charge in [-0.3, -0.25) is 23.9 Å². The van der Waals surface area contributed by atoms with Gasteiger partial charge in [0.2, 0.25) is 5.91 Å². The number of fused-ring (bicyclic) bond motifs is 2. The summed E-state index contributed by atoms with van der Waals surface area (Å²) in [6.07, 6.45) is 1.03. The summed E-state index contributed by atoms with van der Waals surface area (Å²) in [5, 5.41) is 8.57. The maximum absolute atomic E-state index is 13.6. The zero-order chi connectivity index (χ0) is 24.9. The molecule has 2 fully saturated rings. The van der Waals surface area contributed by atoms with Crippen LogP contribution in [-0.2, 0) is 10.5 Å². The van der Waals surface area contributed by atoms with Crippen molar-refractivity contribution in [1.82, 2.24) is 24.8 Å². The van der Waals surface area contributed by atoms with Gasteiger partial charge in [0.05, 0.1) is 6.54 Å². The molecule has 0 unspecified atom stereocenters. The molecule has 2 aromatic heterocycles. The van der Waals surface area contributed by atoms with E-state index in [2.05, 4.69) is 25.9 Å². The fourth-order valence-corrected chi connectivity index (χ4v) is 4.93. The molecule has 0 bridgehead atoms. The average Bonchev–Trinajstić information content (AvgIpc) is 3.61. The van der Waals surface area contributed by atoms with Crippen LogP contribution < -0.4 is 21.5 Å². The van der Waals surface area contributed by atoms with Gasteiger partial charge in [0.1, 0.15) is 28.4 Å². The molecule has 3 aliphatic rings. The van der Waals surface area contributed by atoms with Crippen molar-refractivity contribution < 1.29 is 18.4 Å². The highest BCUT2D eigenvalue weighted by atomic mass is 35.5. The minimum atomic E-state index is -2.45. The first-order valence-corrected chi connectivity index (χ1v) is 11.7. The van der Waals surface area contributed by atoms with Crippen molar-refractivity contribution in [3.8, 4) is 0 Å². The van der Waals surface area contributed by atoms with Crippen LogP contribution in [0.4, 0.5) is 26.1 Å². The number of nitrogens with zero attached hydrogens (tertiary/aromatic N) is 4. The molecule has 2 aromatic rings. The Kier molecular flexibility index (Phi) is 5.96. The molecule has 1 spiro atoms. The third-order valence-corrected chi connectivity index (χ3v) is 7.05. The van der Waals surface area contributed by atoms with E-state index in [-0.39, 0.29) is 52.3 Å². The molecule has 13 heteroatoms. The maximum atomic E-state index is 13.6. The Labute approximate surface area is 204 Å². The molecule has 0 radical (unpaired) electrons. The zero-order valence-electron chi connectivity index (χ0n) is 18.9. The number of hydrogen-bond donors (Lipinski definition) is 3. The van der Waals surface area contributed by atoms with E-state index in [0.717, 1.165) is 12.8 Å². The summed E-state index contributed by atoms with van der Waals surface area (Å²) >= 11 is 6.42. The van der Waals surface area contributed by atoms with Crippen molar-refractivity contribution in [2.45, 2.75) is 44.7 Å². The molecular weight excluding hydrogens is 484 g/mol. The van der Waals surface area contributed by atoms with Gasteiger partial charge in [-0.2, -0.15) is 0 Å². The molecule has 3 N–H and O–H groups in total. The fourth-order valence-electron chi connectivity index (χ4n) is 4.74. The smallest absolute Gasteiger partial charge is 0.276 e. The largest absolute Gasteiger partial charge is 0.334 e. The summed E-state index contributed by atoms with van der Waals surface area (Å²) in [6, 6.07) is 1.54. The van der Waals surface area contributed by atoms with Crippen LogP contribution in [0.3, 0.4) is 0 Å². The molecule has 1 saturated carbocycles. The van der Waals surface area contributed by atoms with E-state index in [1.54, 1.807) is 17.9 Å². The molecule has 10 nitrogen and oxygen atoms in total. The molecule has 4 heterocycles. The number of pyridine rings is 1. The second-order valence-electron chi connectivity index (χ2n) is 9.18. The van der Waals surface area contributed by atoms with Crippen LogP contribution >= 0.6 is 11.6 Å². The summed E-state index contributed by atoms with van der Waals surface area (Å²) < 4.78 is 27.1. The minimum Gasteiger partial charge on any atom is -0.334 e. The van der Waals surface area contributed by atoms with Gasteiger partial charge >= 0.3 is 0 Å². The molecule has 5 rings (SSSR count). The van der Waals surface area contributed by atoms with Crippen molar-refractivity contribution in [2.75, 3.05) is 30.3 Å². The SMILES string of the molecule is Cc1cc(Nc2ncnc(NC(=O)C3CC3)c2Cl)c(=O)n2c1C(=O)NC21CCN(CC(F)F)CC1. The van der Waals surface area contributed by atoms with Crippen molar-refractivity contribution in [3.63, 3.8) is 0 Å². The van der Waals surface area contributed by atoms with Gasteiger partial charge in [0.25, 0.3) is 17.9 Å². The lowest BCUT2D eigenvalue weighted by Gasteiger charge is -2.40. The second kappa shape index (κ2) is 8.83. The van der Waals surface area contributed by atoms with Crippen LogP contribution in [0.1, 0.15) is 41.7 Å². The molecule has 2 amide bonds. The van der Waals surface area contributed by atoms with E-state index in [9.17, 15) is 23.2 Å². The zero-order valence-corrected chi connectivity index (χ0v) is 19.7. The number of amides is 2. The van der Waals surface area contributed by atoms with E-state index >= 15 is 0 Å². The van der Waals surface area contributed by atoms with E-state index in [1.807, 2.05) is 0 Å². The molecule has 0 atom stereocenters. The number of carbonyl (C=O) groups excluding carboxylic acids is 2. The van der Waals surface area contributed by atoms with Gasteiger partial charge in [-0.05, 0) is 31.4 Å². The van der Waals surface area contributed by atoms with E-state index in [1.165, 1.54) is 10.9 Å². The first-order valence-electron chi connectivity index (χ1n) is 11.4. The van der Waals surface area contributed by atoms with E-state index < -0.39 is 17.6 Å². The number of aromatic nitrogens is 3. The Hall–Kier alpha value is -3.12. The quantitative estimate of drug-likeness (QED) is 0.549. The topological polar surface area (TPSA) is 121 Å². The highest BCUT2D eigenvalue weighted by Crippen LogP contribution is 2.36. The Morgan fingerprint density at radius 2 is 1.94 bits per heavy atom. The lowest BCUT2D eigenvalue weighted by molar-refractivity contribution is -0.117. The van der Waals surface area contributed by atoms with Crippen molar-refractivity contribution in [3.05, 3.63) is 39.0 Å². The van der Waals surface area contributed by atoms with Crippen molar-refractivity contribution in [1.29, 1.82) is 0 Å². The van der Waals surface area contributed by atoms with Gasteiger partial charge in [-0.25, -0.2) is 18.7 Å². The standard InChI is InChI=1S/C22H24ClF2N7O3/c1-11-8-13(28-17-15(23)18(27-10-26-17)29-19(33)12-2-3-12)21(35)32-16(11)20(34)30-22(32)4-6-31(7-5-22)9-14(24)25/h8,10,12,14H,2-7,9H2,1H3,(H,30,34)(H2,26,27,28,29,33). The van der Waals surface area contributed by atoms with Crippen LogP contribution in [0.25, 0.3) is 0 Å². The number of anilines is 3. The molecule has 1 aliphatic carbocycles. The molecule has 0 aromatic carbocycles. The maximum Gasteiger partial charge on any atom is 0.276 e. The summed E-state index contributed by atoms with van der Waals surface area (Å²) in [6.45, 7) is 1.99. The Bertz CT molecular complexity index is 1260. The third kappa shape index (κ3) is 4.36. The Morgan fingerprint density at radius 1 is 1.26 bits per heavy atom.